The fourth-order valence-corrected chi connectivity index (χ4v) is 4.46. The van der Waals surface area contributed by atoms with Gasteiger partial charge >= 0.3 is 6.18 Å². The molecule has 0 aromatic carbocycles. The van der Waals surface area contributed by atoms with Gasteiger partial charge < -0.3 is 10.2 Å². The predicted octanol–water partition coefficient (Wildman–Crippen LogP) is 4.97. The van der Waals surface area contributed by atoms with Crippen LogP contribution in [0.5, 0.6) is 0 Å². The molecule has 2 aliphatic heterocycles. The SMILES string of the molecule is CCC(CC)C(=O)N1CC[C@@H](c2cc3n(n2)[C@@H](C(F)(F)F)C[C@@H](C(C)(C)C)N3)C1. The van der Waals surface area contributed by atoms with Crippen LogP contribution in [0.25, 0.3) is 0 Å². The Morgan fingerprint density at radius 3 is 2.48 bits per heavy atom. The van der Waals surface area contributed by atoms with Gasteiger partial charge in [0.2, 0.25) is 5.91 Å². The minimum Gasteiger partial charge on any atom is -0.367 e. The highest BCUT2D eigenvalue weighted by atomic mass is 19.4. The van der Waals surface area contributed by atoms with Gasteiger partial charge in [-0.2, -0.15) is 18.3 Å². The van der Waals surface area contributed by atoms with E-state index in [0.717, 1.165) is 23.9 Å². The molecule has 0 saturated carbocycles. The monoisotopic (exact) mass is 414 g/mol. The topological polar surface area (TPSA) is 50.2 Å². The number of likely N-dealkylation sites (tertiary alicyclic amines) is 1. The minimum absolute atomic E-state index is 0.0183. The Balaban J connectivity index is 1.82. The van der Waals surface area contributed by atoms with Crippen LogP contribution in [0.4, 0.5) is 19.0 Å². The summed E-state index contributed by atoms with van der Waals surface area (Å²) in [7, 11) is 0. The van der Waals surface area contributed by atoms with Crippen LogP contribution in [-0.4, -0.2) is 45.9 Å². The predicted molar refractivity (Wildman–Crippen MR) is 107 cm³/mol. The first-order valence-corrected chi connectivity index (χ1v) is 10.7. The third-order valence-corrected chi connectivity index (χ3v) is 6.51. The fraction of sp³-hybridized carbons (Fsp3) is 0.810. The summed E-state index contributed by atoms with van der Waals surface area (Å²) < 4.78 is 42.4. The Hall–Kier alpha value is -1.73. The second kappa shape index (κ2) is 7.84. The van der Waals surface area contributed by atoms with Gasteiger partial charge in [0, 0.05) is 37.0 Å². The smallest absolute Gasteiger partial charge is 0.367 e. The van der Waals surface area contributed by atoms with Gasteiger partial charge in [0.1, 0.15) is 5.82 Å². The van der Waals surface area contributed by atoms with Gasteiger partial charge in [-0.25, -0.2) is 4.68 Å². The van der Waals surface area contributed by atoms with Crippen molar-refractivity contribution in [1.29, 1.82) is 0 Å². The van der Waals surface area contributed by atoms with E-state index < -0.39 is 12.2 Å². The zero-order valence-electron chi connectivity index (χ0n) is 18.0. The van der Waals surface area contributed by atoms with E-state index in [2.05, 4.69) is 10.4 Å². The number of carbonyl (C=O) groups excluding carboxylic acids is 1. The molecule has 3 atom stereocenters. The van der Waals surface area contributed by atoms with Crippen LogP contribution in [0, 0.1) is 11.3 Å². The molecule has 1 aromatic heterocycles. The van der Waals surface area contributed by atoms with Crippen molar-refractivity contribution in [3.63, 3.8) is 0 Å². The molecule has 5 nitrogen and oxygen atoms in total. The molecular weight excluding hydrogens is 381 g/mol. The molecule has 0 radical (unpaired) electrons. The summed E-state index contributed by atoms with van der Waals surface area (Å²) in [6.07, 6.45) is -2.04. The van der Waals surface area contributed by atoms with Gasteiger partial charge in [-0.1, -0.05) is 34.6 Å². The van der Waals surface area contributed by atoms with E-state index in [0.29, 0.717) is 24.6 Å². The van der Waals surface area contributed by atoms with Gasteiger partial charge in [-0.15, -0.1) is 0 Å². The molecule has 0 spiro atoms. The van der Waals surface area contributed by atoms with E-state index in [4.69, 9.17) is 0 Å². The number of aromatic nitrogens is 2. The summed E-state index contributed by atoms with van der Waals surface area (Å²) in [4.78, 5) is 14.5. The first-order chi connectivity index (χ1) is 13.5. The molecule has 1 aromatic rings. The molecule has 29 heavy (non-hydrogen) atoms. The van der Waals surface area contributed by atoms with E-state index in [1.54, 1.807) is 6.07 Å². The summed E-state index contributed by atoms with van der Waals surface area (Å²) in [5, 5.41) is 7.65. The van der Waals surface area contributed by atoms with E-state index in [1.165, 1.54) is 0 Å². The number of nitrogens with one attached hydrogen (secondary N) is 1. The summed E-state index contributed by atoms with van der Waals surface area (Å²) >= 11 is 0. The Kier molecular flexibility index (Phi) is 5.94. The number of hydrogen-bond acceptors (Lipinski definition) is 3. The van der Waals surface area contributed by atoms with Gasteiger partial charge in [-0.05, 0) is 31.1 Å². The Bertz CT molecular complexity index is 733. The molecule has 3 heterocycles. The van der Waals surface area contributed by atoms with Crippen LogP contribution in [0.2, 0.25) is 0 Å². The minimum atomic E-state index is -4.35. The normalized spacial score (nSPS) is 25.3. The average Bonchev–Trinajstić information content (AvgIpc) is 3.26. The molecule has 0 unspecified atom stereocenters. The van der Waals surface area contributed by atoms with Crippen molar-refractivity contribution in [2.45, 2.75) is 84.5 Å². The molecular formula is C21H33F3N4O. The highest BCUT2D eigenvalue weighted by Gasteiger charge is 2.48. The average molecular weight is 415 g/mol. The molecule has 8 heteroatoms. The Labute approximate surface area is 171 Å². The number of hydrogen-bond donors (Lipinski definition) is 1. The third-order valence-electron chi connectivity index (χ3n) is 6.51. The zero-order valence-corrected chi connectivity index (χ0v) is 18.0. The van der Waals surface area contributed by atoms with Gasteiger partial charge in [0.15, 0.2) is 6.04 Å². The highest BCUT2D eigenvalue weighted by Crippen LogP contribution is 2.44. The van der Waals surface area contributed by atoms with Crippen LogP contribution in [0.15, 0.2) is 6.07 Å². The lowest BCUT2D eigenvalue weighted by Crippen LogP contribution is -2.44. The largest absolute Gasteiger partial charge is 0.410 e. The summed E-state index contributed by atoms with van der Waals surface area (Å²) in [5.74, 6) is 0.585. The Morgan fingerprint density at radius 1 is 1.28 bits per heavy atom. The molecule has 1 amide bonds. The van der Waals surface area contributed by atoms with Crippen LogP contribution in [-0.2, 0) is 4.79 Å². The number of fused-ring (bicyclic) bond motifs is 1. The van der Waals surface area contributed by atoms with Crippen molar-refractivity contribution in [1.82, 2.24) is 14.7 Å². The molecule has 1 fully saturated rings. The molecule has 1 N–H and O–H groups in total. The highest BCUT2D eigenvalue weighted by molar-refractivity contribution is 5.79. The maximum absolute atomic E-state index is 13.8. The molecule has 1 saturated heterocycles. The van der Waals surface area contributed by atoms with E-state index in [-0.39, 0.29) is 35.6 Å². The number of anilines is 1. The molecule has 2 aliphatic rings. The zero-order chi connectivity index (χ0) is 21.6. The number of halogens is 3. The number of carbonyl (C=O) groups is 1. The van der Waals surface area contributed by atoms with Crippen LogP contribution >= 0.6 is 0 Å². The lowest BCUT2D eigenvalue weighted by atomic mass is 9.82. The van der Waals surface area contributed by atoms with E-state index >= 15 is 0 Å². The second-order valence-electron chi connectivity index (χ2n) is 9.54. The molecule has 0 bridgehead atoms. The van der Waals surface area contributed by atoms with Crippen molar-refractivity contribution in [2.75, 3.05) is 18.4 Å². The van der Waals surface area contributed by atoms with Crippen molar-refractivity contribution in [2.24, 2.45) is 11.3 Å². The maximum atomic E-state index is 13.8. The Morgan fingerprint density at radius 2 is 1.93 bits per heavy atom. The van der Waals surface area contributed by atoms with Crippen LogP contribution in [0.1, 0.15) is 78.0 Å². The summed E-state index contributed by atoms with van der Waals surface area (Å²) in [5.41, 5.74) is 0.349. The quantitative estimate of drug-likeness (QED) is 0.757. The van der Waals surface area contributed by atoms with Crippen molar-refractivity contribution >= 4 is 11.7 Å². The second-order valence-corrected chi connectivity index (χ2v) is 9.54. The van der Waals surface area contributed by atoms with Crippen molar-refractivity contribution in [3.05, 3.63) is 11.8 Å². The molecule has 3 rings (SSSR count). The first-order valence-electron chi connectivity index (χ1n) is 10.7. The fourth-order valence-electron chi connectivity index (χ4n) is 4.46. The number of amides is 1. The van der Waals surface area contributed by atoms with E-state index in [9.17, 15) is 18.0 Å². The van der Waals surface area contributed by atoms with E-state index in [1.807, 2.05) is 39.5 Å². The lowest BCUT2D eigenvalue weighted by Gasteiger charge is -2.39. The third kappa shape index (κ3) is 4.40. The van der Waals surface area contributed by atoms with Gasteiger partial charge in [0.05, 0.1) is 5.69 Å². The first kappa shape index (κ1) is 22.0. The van der Waals surface area contributed by atoms with Gasteiger partial charge in [0.25, 0.3) is 0 Å². The standard InChI is InChI=1S/C21H33F3N4O/c1-6-13(7-2)19(29)27-9-8-14(12-27)15-10-18-25-16(20(3,4)5)11-17(21(22,23)24)28(18)26-15/h10,13-14,16-17,25H,6-9,11-12H2,1-5H3/t14-,16+,17-/m1/s1. The summed E-state index contributed by atoms with van der Waals surface area (Å²) in [6.45, 7) is 11.0. The lowest BCUT2D eigenvalue weighted by molar-refractivity contribution is -0.175. The number of alkyl halides is 3. The van der Waals surface area contributed by atoms with Gasteiger partial charge in [-0.3, -0.25) is 4.79 Å². The number of nitrogens with zero attached hydrogens (tertiary/aromatic N) is 3. The molecule has 0 aliphatic carbocycles. The molecule has 164 valence electrons. The van der Waals surface area contributed by atoms with Crippen LogP contribution in [0.3, 0.4) is 0 Å². The van der Waals surface area contributed by atoms with Crippen molar-refractivity contribution in [3.8, 4) is 0 Å². The summed E-state index contributed by atoms with van der Waals surface area (Å²) in [6, 6.07) is -0.157. The van der Waals surface area contributed by atoms with Crippen LogP contribution < -0.4 is 5.32 Å². The van der Waals surface area contributed by atoms with Crippen molar-refractivity contribution < 1.29 is 18.0 Å². The number of rotatable bonds is 4. The maximum Gasteiger partial charge on any atom is 0.410 e.